The third-order valence-corrected chi connectivity index (χ3v) is 5.80. The van der Waals surface area contributed by atoms with E-state index < -0.39 is 10.0 Å². The van der Waals surface area contributed by atoms with E-state index in [4.69, 9.17) is 0 Å². The fraction of sp³-hybridized carbons (Fsp3) is 0.538. The molecule has 21 heavy (non-hydrogen) atoms. The second-order valence-corrected chi connectivity index (χ2v) is 8.73. The van der Waals surface area contributed by atoms with Crippen LogP contribution in [0.2, 0.25) is 0 Å². The molecule has 0 amide bonds. The van der Waals surface area contributed by atoms with Gasteiger partial charge in [0.2, 0.25) is 10.0 Å². The lowest BCUT2D eigenvalue weighted by atomic mass is 9.88. The van der Waals surface area contributed by atoms with Crippen molar-refractivity contribution in [2.24, 2.45) is 14.1 Å². The van der Waals surface area contributed by atoms with Crippen molar-refractivity contribution < 1.29 is 8.42 Å². The van der Waals surface area contributed by atoms with E-state index in [0.717, 1.165) is 29.5 Å². The van der Waals surface area contributed by atoms with E-state index in [1.165, 1.54) is 0 Å². The molecule has 0 saturated carbocycles. The molecule has 1 aromatic rings. The van der Waals surface area contributed by atoms with Crippen molar-refractivity contribution >= 4 is 48.7 Å². The van der Waals surface area contributed by atoms with Gasteiger partial charge in [-0.2, -0.15) is 8.73 Å². The van der Waals surface area contributed by atoms with Crippen LogP contribution in [-0.2, 0) is 21.4 Å². The van der Waals surface area contributed by atoms with Crippen LogP contribution in [0.1, 0.15) is 26.7 Å². The van der Waals surface area contributed by atoms with Crippen LogP contribution in [0.15, 0.2) is 31.8 Å². The highest BCUT2D eigenvalue weighted by Crippen LogP contribution is 2.37. The Morgan fingerprint density at radius 2 is 2.10 bits per heavy atom. The second kappa shape index (κ2) is 6.68. The van der Waals surface area contributed by atoms with Gasteiger partial charge in [0.15, 0.2) is 0 Å². The van der Waals surface area contributed by atoms with Gasteiger partial charge in [-0.25, -0.2) is 13.1 Å². The zero-order valence-corrected chi connectivity index (χ0v) is 15.2. The van der Waals surface area contributed by atoms with Crippen LogP contribution in [0.4, 0.5) is 11.4 Å². The second-order valence-electron chi connectivity index (χ2n) is 5.67. The molecule has 116 valence electrons. The molecule has 1 aromatic carbocycles. The fourth-order valence-corrected chi connectivity index (χ4v) is 4.29. The molecule has 1 aliphatic heterocycles. The summed E-state index contributed by atoms with van der Waals surface area (Å²) in [5.74, 6) is 0. The Kier molecular flexibility index (Phi) is 5.34. The summed E-state index contributed by atoms with van der Waals surface area (Å²) in [7, 11) is -3.57. The van der Waals surface area contributed by atoms with Gasteiger partial charge in [-0.3, -0.25) is 0 Å². The molecule has 1 aliphatic rings. The number of hydrogen-bond acceptors (Lipinski definition) is 4. The molecular formula is C13H18BrN3O2S2. The first-order valence-electron chi connectivity index (χ1n) is 6.63. The number of rotatable bonds is 7. The zero-order valence-electron chi connectivity index (χ0n) is 12.0. The van der Waals surface area contributed by atoms with Gasteiger partial charge >= 0.3 is 0 Å². The van der Waals surface area contributed by atoms with Crippen LogP contribution in [0.3, 0.4) is 0 Å². The highest BCUT2D eigenvalue weighted by molar-refractivity contribution is 9.09. The van der Waals surface area contributed by atoms with E-state index >= 15 is 0 Å². The van der Waals surface area contributed by atoms with Crippen molar-refractivity contribution in [1.29, 1.82) is 0 Å². The van der Waals surface area contributed by atoms with Gasteiger partial charge in [-0.15, -0.1) is 0 Å². The van der Waals surface area contributed by atoms with Crippen molar-refractivity contribution in [2.45, 2.75) is 31.6 Å². The molecule has 0 fully saturated rings. The van der Waals surface area contributed by atoms with Crippen molar-refractivity contribution in [2.75, 3.05) is 11.9 Å². The highest BCUT2D eigenvalue weighted by Gasteiger charge is 2.25. The predicted octanol–water partition coefficient (Wildman–Crippen LogP) is 3.89. The molecule has 5 nitrogen and oxygen atoms in total. The first-order valence-corrected chi connectivity index (χ1v) is 9.96. The number of fused-ring (bicyclic) bond motifs is 1. The van der Waals surface area contributed by atoms with Gasteiger partial charge < -0.3 is 0 Å². The maximum Gasteiger partial charge on any atom is 0.242 e. The Labute approximate surface area is 137 Å². The lowest BCUT2D eigenvalue weighted by molar-refractivity contribution is 0.332. The minimum absolute atomic E-state index is 0.0882. The van der Waals surface area contributed by atoms with Crippen molar-refractivity contribution in [3.63, 3.8) is 0 Å². The van der Waals surface area contributed by atoms with Gasteiger partial charge in [0.05, 0.1) is 11.4 Å². The van der Waals surface area contributed by atoms with Gasteiger partial charge in [0.25, 0.3) is 0 Å². The maximum atomic E-state index is 12.5. The van der Waals surface area contributed by atoms with Crippen LogP contribution >= 0.6 is 15.9 Å². The number of hydrogen-bond donors (Lipinski definition) is 1. The van der Waals surface area contributed by atoms with Crippen LogP contribution in [-0.4, -0.2) is 20.3 Å². The molecule has 0 unspecified atom stereocenters. The lowest BCUT2D eigenvalue weighted by Gasteiger charge is -2.24. The number of nitrogens with one attached hydrogen (secondary N) is 1. The average Bonchev–Trinajstić information content (AvgIpc) is 2.91. The first-order chi connectivity index (χ1) is 9.86. The third kappa shape index (κ3) is 4.21. The van der Waals surface area contributed by atoms with E-state index in [2.05, 4.69) is 43.2 Å². The summed E-state index contributed by atoms with van der Waals surface area (Å²) < 4.78 is 35.8. The highest BCUT2D eigenvalue weighted by atomic mass is 79.9. The molecule has 0 aliphatic carbocycles. The number of alkyl halides is 1. The summed E-state index contributed by atoms with van der Waals surface area (Å²) in [6.45, 7) is 4.52. The van der Waals surface area contributed by atoms with Crippen LogP contribution < -0.4 is 4.72 Å². The van der Waals surface area contributed by atoms with Crippen LogP contribution in [0.25, 0.3) is 0 Å². The van der Waals surface area contributed by atoms with E-state index in [-0.39, 0.29) is 10.3 Å². The molecule has 2 rings (SSSR count). The molecule has 1 N–H and O–H groups in total. The minimum atomic E-state index is -3.57. The molecule has 8 heteroatoms. The smallest absolute Gasteiger partial charge is 0.211 e. The summed E-state index contributed by atoms with van der Waals surface area (Å²) >= 11 is 4.42. The average molecular weight is 392 g/mol. The lowest BCUT2D eigenvalue weighted by Crippen LogP contribution is -2.34. The number of sulfonamides is 1. The number of benzene rings is 1. The Hall–Kier alpha value is -0.570. The molecule has 0 spiro atoms. The standard InChI is InChI=1S/C13H18BrN3O2S2/c1-13(2,7-4-8-14)9-15-21(18,19)11-6-3-5-10-12(11)17-20-16-10/h3,5-6,15H,4,7-9H2,1-2H3. The normalized spacial score (nSPS) is 14.0. The minimum Gasteiger partial charge on any atom is -0.211 e. The summed E-state index contributed by atoms with van der Waals surface area (Å²) in [4.78, 5) is 0.199. The maximum absolute atomic E-state index is 12.5. The Balaban J connectivity index is 2.14. The monoisotopic (exact) mass is 391 g/mol. The van der Waals surface area contributed by atoms with Crippen LogP contribution in [0.5, 0.6) is 0 Å². The Morgan fingerprint density at radius 3 is 2.81 bits per heavy atom. The predicted molar refractivity (Wildman–Crippen MR) is 90.0 cm³/mol. The van der Waals surface area contributed by atoms with Gasteiger partial charge in [-0.05, 0) is 30.4 Å². The molecule has 0 saturated heterocycles. The zero-order chi connectivity index (χ0) is 15.5. The van der Waals surface area contributed by atoms with Crippen molar-refractivity contribution in [3.05, 3.63) is 18.2 Å². The molecule has 0 atom stereocenters. The molecular weight excluding hydrogens is 374 g/mol. The number of nitrogens with zero attached hydrogens (tertiary/aromatic N) is 2. The quantitative estimate of drug-likeness (QED) is 0.726. The van der Waals surface area contributed by atoms with Crippen molar-refractivity contribution in [1.82, 2.24) is 4.72 Å². The topological polar surface area (TPSA) is 70.9 Å². The molecule has 0 radical (unpaired) electrons. The molecule has 1 heterocycles. The number of halogens is 1. The summed E-state index contributed by atoms with van der Waals surface area (Å²) in [6.07, 6.45) is 1.96. The third-order valence-electron chi connectivity index (χ3n) is 3.27. The summed E-state index contributed by atoms with van der Waals surface area (Å²) in [5, 5.41) is 0.924. The Bertz CT molecular complexity index is 695. The van der Waals surface area contributed by atoms with Gasteiger partial charge in [-0.1, -0.05) is 35.8 Å². The van der Waals surface area contributed by atoms with E-state index in [1.807, 2.05) is 0 Å². The van der Waals surface area contributed by atoms with E-state index in [9.17, 15) is 8.42 Å². The van der Waals surface area contributed by atoms with E-state index in [1.54, 1.807) is 18.2 Å². The molecule has 0 bridgehead atoms. The van der Waals surface area contributed by atoms with Gasteiger partial charge in [0, 0.05) is 11.9 Å². The summed E-state index contributed by atoms with van der Waals surface area (Å²) in [6, 6.07) is 5.02. The van der Waals surface area contributed by atoms with Crippen LogP contribution in [0, 0.1) is 5.41 Å². The Morgan fingerprint density at radius 1 is 1.33 bits per heavy atom. The largest absolute Gasteiger partial charge is 0.242 e. The first kappa shape index (κ1) is 16.8. The fourth-order valence-electron chi connectivity index (χ4n) is 2.00. The van der Waals surface area contributed by atoms with E-state index in [0.29, 0.717) is 17.9 Å². The molecule has 0 aromatic heterocycles. The SMILES string of the molecule is CC(C)(CCCBr)CNS(=O)(=O)c1cccc2c1N=S=N2. The summed E-state index contributed by atoms with van der Waals surface area (Å²) in [5.41, 5.74) is 0.962. The van der Waals surface area contributed by atoms with Crippen molar-refractivity contribution in [3.8, 4) is 0 Å². The van der Waals surface area contributed by atoms with Gasteiger partial charge in [0.1, 0.15) is 16.3 Å².